The first-order chi connectivity index (χ1) is 7.17. The van der Waals surface area contributed by atoms with Crippen LogP contribution in [0.25, 0.3) is 0 Å². The van der Waals surface area contributed by atoms with Crippen molar-refractivity contribution in [3.63, 3.8) is 0 Å². The van der Waals surface area contributed by atoms with Crippen molar-refractivity contribution in [2.45, 2.75) is 46.5 Å². The van der Waals surface area contributed by atoms with Crippen LogP contribution >= 0.6 is 0 Å². The Morgan fingerprint density at radius 3 is 2.40 bits per heavy atom. The monoisotopic (exact) mass is 208 g/mol. The average Bonchev–Trinajstić information content (AvgIpc) is 2.21. The van der Waals surface area contributed by atoms with Gasteiger partial charge in [0, 0.05) is 0 Å². The molecule has 0 aromatic rings. The molecule has 84 valence electrons. The van der Waals surface area contributed by atoms with Gasteiger partial charge in [0.25, 0.3) is 0 Å². The normalized spacial score (nSPS) is 10.7. The van der Waals surface area contributed by atoms with Crippen molar-refractivity contribution in [3.05, 3.63) is 29.0 Å². The summed E-state index contributed by atoms with van der Waals surface area (Å²) in [5, 5.41) is 9.04. The predicted octanol–water partition coefficient (Wildman–Crippen LogP) is 3.70. The van der Waals surface area contributed by atoms with E-state index in [0.29, 0.717) is 5.57 Å². The predicted molar refractivity (Wildman–Crippen MR) is 62.8 cm³/mol. The van der Waals surface area contributed by atoms with Gasteiger partial charge >= 0.3 is 5.97 Å². The first-order valence-corrected chi connectivity index (χ1v) is 5.51. The summed E-state index contributed by atoms with van der Waals surface area (Å²) in [4.78, 5) is 11.0. The third kappa shape index (κ3) is 5.24. The highest BCUT2D eigenvalue weighted by atomic mass is 16.4. The molecule has 2 heteroatoms. The maximum absolute atomic E-state index is 11.0. The summed E-state index contributed by atoms with van der Waals surface area (Å²) in [6.07, 6.45) is 7.30. The molecule has 0 rings (SSSR count). The van der Waals surface area contributed by atoms with Gasteiger partial charge in [-0.1, -0.05) is 32.8 Å². The molecule has 1 N–H and O–H groups in total. The van der Waals surface area contributed by atoms with Crippen LogP contribution in [0.15, 0.2) is 29.0 Å². The maximum atomic E-state index is 11.0. The number of carboxylic acid groups (broad SMARTS) is 1. The molecule has 0 aliphatic heterocycles. The van der Waals surface area contributed by atoms with Crippen LogP contribution in [-0.4, -0.2) is 11.1 Å². The molecule has 0 unspecified atom stereocenters. The fourth-order valence-corrected chi connectivity index (χ4v) is 1.29. The van der Waals surface area contributed by atoms with Crippen molar-refractivity contribution in [1.29, 1.82) is 0 Å². The molecule has 0 aromatic carbocycles. The van der Waals surface area contributed by atoms with Crippen molar-refractivity contribution in [2.75, 3.05) is 0 Å². The molecular formula is C13H20O2. The van der Waals surface area contributed by atoms with Crippen LogP contribution in [0.1, 0.15) is 46.5 Å². The highest BCUT2D eigenvalue weighted by Gasteiger charge is 2.10. The summed E-state index contributed by atoms with van der Waals surface area (Å²) in [6, 6.07) is 0. The number of hydrogen-bond donors (Lipinski definition) is 1. The minimum atomic E-state index is -0.885. The quantitative estimate of drug-likeness (QED) is 0.410. The topological polar surface area (TPSA) is 37.3 Å². The lowest BCUT2D eigenvalue weighted by molar-refractivity contribution is -0.132. The van der Waals surface area contributed by atoms with E-state index in [9.17, 15) is 4.79 Å². The first kappa shape index (κ1) is 13.7. The van der Waals surface area contributed by atoms with E-state index in [1.165, 1.54) is 0 Å². The maximum Gasteiger partial charge on any atom is 0.343 e. The van der Waals surface area contributed by atoms with Gasteiger partial charge in [-0.15, -0.1) is 5.73 Å². The lowest BCUT2D eigenvalue weighted by atomic mass is 10.0. The first-order valence-electron chi connectivity index (χ1n) is 5.51. The van der Waals surface area contributed by atoms with Gasteiger partial charge in [0.05, 0.1) is 0 Å². The molecule has 0 aliphatic rings. The lowest BCUT2D eigenvalue weighted by Gasteiger charge is -2.03. The van der Waals surface area contributed by atoms with E-state index in [4.69, 9.17) is 5.11 Å². The molecule has 0 aromatic heterocycles. The number of rotatable bonds is 6. The Labute approximate surface area is 92.0 Å². The molecule has 0 aliphatic carbocycles. The number of hydrogen-bond acceptors (Lipinski definition) is 1. The van der Waals surface area contributed by atoms with Crippen molar-refractivity contribution in [3.8, 4) is 0 Å². The molecule has 0 spiro atoms. The van der Waals surface area contributed by atoms with Gasteiger partial charge in [-0.05, 0) is 31.4 Å². The summed E-state index contributed by atoms with van der Waals surface area (Å²) in [5.74, 6) is -0.885. The molecule has 0 radical (unpaired) electrons. The zero-order valence-electron chi connectivity index (χ0n) is 9.84. The van der Waals surface area contributed by atoms with Crippen LogP contribution in [0.5, 0.6) is 0 Å². The van der Waals surface area contributed by atoms with Crippen LogP contribution in [0.3, 0.4) is 0 Å². The number of carboxylic acids is 1. The van der Waals surface area contributed by atoms with Crippen LogP contribution < -0.4 is 0 Å². The Bertz CT molecular complexity index is 292. The Hall–Kier alpha value is -1.27. The Morgan fingerprint density at radius 2 is 2.00 bits per heavy atom. The van der Waals surface area contributed by atoms with E-state index in [1.807, 2.05) is 26.0 Å². The molecule has 0 atom stereocenters. The Balaban J connectivity index is 4.95. The van der Waals surface area contributed by atoms with Crippen LogP contribution in [0, 0.1) is 0 Å². The van der Waals surface area contributed by atoms with E-state index in [-0.39, 0.29) is 0 Å². The van der Waals surface area contributed by atoms with Gasteiger partial charge in [-0.3, -0.25) is 0 Å². The zero-order valence-corrected chi connectivity index (χ0v) is 9.84. The molecule has 0 saturated carbocycles. The van der Waals surface area contributed by atoms with E-state index >= 15 is 0 Å². The summed E-state index contributed by atoms with van der Waals surface area (Å²) in [5.41, 5.74) is 4.07. The molecule has 0 fully saturated rings. The van der Waals surface area contributed by atoms with Gasteiger partial charge in [-0.25, -0.2) is 4.79 Å². The molecule has 2 nitrogen and oxygen atoms in total. The second-order valence-corrected chi connectivity index (χ2v) is 3.38. The van der Waals surface area contributed by atoms with Crippen molar-refractivity contribution < 1.29 is 9.90 Å². The number of aliphatic carboxylic acids is 1. The summed E-state index contributed by atoms with van der Waals surface area (Å²) < 4.78 is 0. The van der Waals surface area contributed by atoms with Gasteiger partial charge < -0.3 is 5.11 Å². The van der Waals surface area contributed by atoms with Crippen LogP contribution in [-0.2, 0) is 4.79 Å². The molecule has 0 saturated heterocycles. The fraction of sp³-hybridized carbons (Fsp3) is 0.538. The number of carbonyl (C=O) groups is 1. The molecule has 0 heterocycles. The van der Waals surface area contributed by atoms with Gasteiger partial charge in [0.15, 0.2) is 0 Å². The zero-order chi connectivity index (χ0) is 11.7. The van der Waals surface area contributed by atoms with E-state index in [2.05, 4.69) is 12.7 Å². The largest absolute Gasteiger partial charge is 0.477 e. The summed E-state index contributed by atoms with van der Waals surface area (Å²) in [6.45, 7) is 5.97. The second kappa shape index (κ2) is 8.07. The molecule has 15 heavy (non-hydrogen) atoms. The number of allylic oxidation sites excluding steroid dienone is 1. The molecule has 0 bridgehead atoms. The van der Waals surface area contributed by atoms with Crippen LogP contribution in [0.2, 0.25) is 0 Å². The minimum absolute atomic E-state index is 0.313. The third-order valence-corrected chi connectivity index (χ3v) is 2.08. The van der Waals surface area contributed by atoms with E-state index < -0.39 is 5.97 Å². The second-order valence-electron chi connectivity index (χ2n) is 3.38. The smallest absolute Gasteiger partial charge is 0.343 e. The van der Waals surface area contributed by atoms with Crippen molar-refractivity contribution >= 4 is 5.97 Å². The van der Waals surface area contributed by atoms with Crippen molar-refractivity contribution in [2.24, 2.45) is 0 Å². The Morgan fingerprint density at radius 1 is 1.33 bits per heavy atom. The lowest BCUT2D eigenvalue weighted by Crippen LogP contribution is -2.02. The van der Waals surface area contributed by atoms with Gasteiger partial charge in [0.2, 0.25) is 0 Å². The van der Waals surface area contributed by atoms with Gasteiger partial charge in [0.1, 0.15) is 5.57 Å². The highest BCUT2D eigenvalue weighted by Crippen LogP contribution is 2.15. The Kier molecular flexibility index (Phi) is 7.39. The summed E-state index contributed by atoms with van der Waals surface area (Å²) in [7, 11) is 0. The fourth-order valence-electron chi connectivity index (χ4n) is 1.29. The molecular weight excluding hydrogens is 188 g/mol. The van der Waals surface area contributed by atoms with Crippen molar-refractivity contribution in [1.82, 2.24) is 0 Å². The van der Waals surface area contributed by atoms with E-state index in [0.717, 1.165) is 31.3 Å². The van der Waals surface area contributed by atoms with Crippen LogP contribution in [0.4, 0.5) is 0 Å². The number of unbranched alkanes of at least 4 members (excludes halogenated alkanes) is 1. The van der Waals surface area contributed by atoms with Gasteiger partial charge in [-0.2, -0.15) is 0 Å². The minimum Gasteiger partial charge on any atom is -0.477 e. The average molecular weight is 208 g/mol. The summed E-state index contributed by atoms with van der Waals surface area (Å²) >= 11 is 0. The third-order valence-electron chi connectivity index (χ3n) is 2.08. The SMILES string of the molecule is CC=C(CCC)C(=C=CCCC)C(=O)O. The highest BCUT2D eigenvalue weighted by molar-refractivity contribution is 5.91. The van der Waals surface area contributed by atoms with E-state index in [1.54, 1.807) is 0 Å². The standard InChI is InChI=1S/C13H20O2/c1-4-7-8-10-12(13(14)15)11(6-3)9-5-2/h6,8H,4-5,7,9H2,1-3H3,(H,14,15). The molecule has 0 amide bonds.